The zero-order valence-corrected chi connectivity index (χ0v) is 11.7. The summed E-state index contributed by atoms with van der Waals surface area (Å²) < 4.78 is 0. The van der Waals surface area contributed by atoms with Gasteiger partial charge in [-0.05, 0) is 38.3 Å². The monoisotopic (exact) mass is 258 g/mol. The van der Waals surface area contributed by atoms with Crippen LogP contribution in [0.25, 0.3) is 0 Å². The standard InChI is InChI=1S/C16H22N2O/c1-12(19)17-16(13-6-4-3-5-7-13)11-10-14-8-9-15(16)18(14)2/h3-7,14-15H,8-11H2,1-2H3,(H,17,19). The molecule has 1 aromatic carbocycles. The molecule has 2 bridgehead atoms. The lowest BCUT2D eigenvalue weighted by Crippen LogP contribution is -2.60. The van der Waals surface area contributed by atoms with Crippen LogP contribution in [0.15, 0.2) is 30.3 Å². The van der Waals surface area contributed by atoms with Crippen molar-refractivity contribution < 1.29 is 4.79 Å². The molecule has 1 amide bonds. The summed E-state index contributed by atoms with van der Waals surface area (Å²) in [6, 6.07) is 11.6. The molecule has 0 spiro atoms. The lowest BCUT2D eigenvalue weighted by molar-refractivity contribution is -0.122. The van der Waals surface area contributed by atoms with E-state index >= 15 is 0 Å². The van der Waals surface area contributed by atoms with Crippen LogP contribution in [-0.4, -0.2) is 29.9 Å². The topological polar surface area (TPSA) is 32.3 Å². The van der Waals surface area contributed by atoms with Crippen molar-refractivity contribution in [3.8, 4) is 0 Å². The predicted octanol–water partition coefficient (Wildman–Crippen LogP) is 2.27. The van der Waals surface area contributed by atoms with E-state index in [1.807, 2.05) is 6.07 Å². The fourth-order valence-corrected chi connectivity index (χ4v) is 4.12. The minimum absolute atomic E-state index is 0.0719. The Bertz CT molecular complexity index is 473. The lowest BCUT2D eigenvalue weighted by Gasteiger charge is -2.48. The molecule has 3 nitrogen and oxygen atoms in total. The summed E-state index contributed by atoms with van der Waals surface area (Å²) in [6.45, 7) is 1.63. The van der Waals surface area contributed by atoms with E-state index in [1.54, 1.807) is 6.92 Å². The maximum absolute atomic E-state index is 11.7. The van der Waals surface area contributed by atoms with E-state index in [4.69, 9.17) is 0 Å². The molecule has 3 heteroatoms. The molecule has 1 aromatic rings. The van der Waals surface area contributed by atoms with Crippen molar-refractivity contribution in [1.82, 2.24) is 10.2 Å². The molecule has 0 radical (unpaired) electrons. The van der Waals surface area contributed by atoms with E-state index in [0.717, 1.165) is 6.42 Å². The third-order valence-electron chi connectivity index (χ3n) is 4.97. The minimum Gasteiger partial charge on any atom is -0.345 e. The fraction of sp³-hybridized carbons (Fsp3) is 0.562. The Hall–Kier alpha value is -1.35. The Morgan fingerprint density at radius 2 is 2.00 bits per heavy atom. The third kappa shape index (κ3) is 1.96. The van der Waals surface area contributed by atoms with Crippen LogP contribution in [0.2, 0.25) is 0 Å². The Balaban J connectivity index is 2.04. The number of amides is 1. The third-order valence-corrected chi connectivity index (χ3v) is 4.97. The van der Waals surface area contributed by atoms with Gasteiger partial charge in [-0.1, -0.05) is 30.3 Å². The summed E-state index contributed by atoms with van der Waals surface area (Å²) in [5.74, 6) is 0.0719. The molecule has 2 aliphatic rings. The quantitative estimate of drug-likeness (QED) is 0.882. The zero-order chi connectivity index (χ0) is 13.5. The molecule has 0 aliphatic carbocycles. The second-order valence-electron chi connectivity index (χ2n) is 5.97. The molecule has 2 saturated heterocycles. The normalized spacial score (nSPS) is 34.2. The summed E-state index contributed by atoms with van der Waals surface area (Å²) >= 11 is 0. The SMILES string of the molecule is CC(=O)NC1(c2ccccc2)CCC2CCC1N2C. The first-order valence-corrected chi connectivity index (χ1v) is 7.20. The number of nitrogens with one attached hydrogen (secondary N) is 1. The number of hydrogen-bond acceptors (Lipinski definition) is 2. The van der Waals surface area contributed by atoms with Gasteiger partial charge in [0.1, 0.15) is 0 Å². The molecule has 3 rings (SSSR count). The summed E-state index contributed by atoms with van der Waals surface area (Å²) in [7, 11) is 2.21. The Morgan fingerprint density at radius 3 is 2.68 bits per heavy atom. The van der Waals surface area contributed by atoms with E-state index < -0.39 is 0 Å². The van der Waals surface area contributed by atoms with Crippen LogP contribution in [-0.2, 0) is 10.3 Å². The van der Waals surface area contributed by atoms with Crippen LogP contribution in [0.5, 0.6) is 0 Å². The minimum atomic E-state index is -0.200. The van der Waals surface area contributed by atoms with Crippen LogP contribution in [0.4, 0.5) is 0 Å². The Morgan fingerprint density at radius 1 is 1.26 bits per heavy atom. The highest BCUT2D eigenvalue weighted by molar-refractivity contribution is 5.74. The summed E-state index contributed by atoms with van der Waals surface area (Å²) in [6.07, 6.45) is 4.66. The van der Waals surface area contributed by atoms with Crippen LogP contribution in [0, 0.1) is 0 Å². The number of nitrogens with zero attached hydrogens (tertiary/aromatic N) is 1. The number of likely N-dealkylation sites (N-methyl/N-ethyl adjacent to an activating group) is 1. The molecule has 0 saturated carbocycles. The first kappa shape index (κ1) is 12.7. The molecule has 2 fully saturated rings. The average molecular weight is 258 g/mol. The van der Waals surface area contributed by atoms with Gasteiger partial charge >= 0.3 is 0 Å². The van der Waals surface area contributed by atoms with Gasteiger partial charge in [-0.2, -0.15) is 0 Å². The Labute approximate surface area is 115 Å². The molecule has 1 N–H and O–H groups in total. The van der Waals surface area contributed by atoms with Crippen molar-refractivity contribution in [1.29, 1.82) is 0 Å². The van der Waals surface area contributed by atoms with Crippen molar-refractivity contribution in [2.24, 2.45) is 0 Å². The molecular formula is C16H22N2O. The summed E-state index contributed by atoms with van der Waals surface area (Å²) in [5, 5.41) is 3.29. The van der Waals surface area contributed by atoms with Gasteiger partial charge in [0.25, 0.3) is 0 Å². The molecule has 3 unspecified atom stereocenters. The first-order chi connectivity index (χ1) is 9.13. The first-order valence-electron chi connectivity index (χ1n) is 7.20. The Kier molecular flexibility index (Phi) is 3.09. The fourth-order valence-electron chi connectivity index (χ4n) is 4.12. The molecule has 0 aromatic heterocycles. The van der Waals surface area contributed by atoms with Crippen molar-refractivity contribution in [3.05, 3.63) is 35.9 Å². The highest BCUT2D eigenvalue weighted by Crippen LogP contribution is 2.45. The number of carbonyl (C=O) groups excluding carboxylic acids is 1. The second kappa shape index (κ2) is 4.64. The van der Waals surface area contributed by atoms with Crippen LogP contribution < -0.4 is 5.32 Å². The molecule has 2 heterocycles. The lowest BCUT2D eigenvalue weighted by atomic mass is 9.76. The zero-order valence-electron chi connectivity index (χ0n) is 11.7. The van der Waals surface area contributed by atoms with Gasteiger partial charge in [0.05, 0.1) is 5.54 Å². The smallest absolute Gasteiger partial charge is 0.217 e. The molecule has 3 atom stereocenters. The molecule has 19 heavy (non-hydrogen) atoms. The number of fused-ring (bicyclic) bond motifs is 2. The predicted molar refractivity (Wildman–Crippen MR) is 75.7 cm³/mol. The maximum Gasteiger partial charge on any atom is 0.217 e. The van der Waals surface area contributed by atoms with Gasteiger partial charge in [0.2, 0.25) is 5.91 Å². The largest absolute Gasteiger partial charge is 0.345 e. The van der Waals surface area contributed by atoms with Gasteiger partial charge in [0, 0.05) is 19.0 Å². The molecule has 2 aliphatic heterocycles. The molecular weight excluding hydrogens is 236 g/mol. The van der Waals surface area contributed by atoms with Crippen molar-refractivity contribution in [2.75, 3.05) is 7.05 Å². The van der Waals surface area contributed by atoms with Crippen LogP contribution in [0.3, 0.4) is 0 Å². The number of piperidine rings is 1. The van der Waals surface area contributed by atoms with E-state index in [0.29, 0.717) is 12.1 Å². The van der Waals surface area contributed by atoms with E-state index in [1.165, 1.54) is 24.8 Å². The highest BCUT2D eigenvalue weighted by atomic mass is 16.1. The van der Waals surface area contributed by atoms with Gasteiger partial charge in [-0.3, -0.25) is 9.69 Å². The van der Waals surface area contributed by atoms with Gasteiger partial charge in [-0.15, -0.1) is 0 Å². The number of hydrogen-bond donors (Lipinski definition) is 1. The van der Waals surface area contributed by atoms with Crippen molar-refractivity contribution in [2.45, 2.75) is 50.2 Å². The highest BCUT2D eigenvalue weighted by Gasteiger charge is 2.51. The summed E-state index contributed by atoms with van der Waals surface area (Å²) in [5.41, 5.74) is 1.05. The van der Waals surface area contributed by atoms with Gasteiger partial charge < -0.3 is 5.32 Å². The number of benzene rings is 1. The van der Waals surface area contributed by atoms with Gasteiger partial charge in [0.15, 0.2) is 0 Å². The average Bonchev–Trinajstić information content (AvgIpc) is 2.66. The van der Waals surface area contributed by atoms with Crippen LogP contribution >= 0.6 is 0 Å². The second-order valence-corrected chi connectivity index (χ2v) is 5.97. The maximum atomic E-state index is 11.7. The van der Waals surface area contributed by atoms with Crippen molar-refractivity contribution in [3.63, 3.8) is 0 Å². The van der Waals surface area contributed by atoms with Gasteiger partial charge in [-0.25, -0.2) is 0 Å². The number of rotatable bonds is 2. The summed E-state index contributed by atoms with van der Waals surface area (Å²) in [4.78, 5) is 14.2. The van der Waals surface area contributed by atoms with Crippen LogP contribution in [0.1, 0.15) is 38.2 Å². The number of carbonyl (C=O) groups is 1. The van der Waals surface area contributed by atoms with Crippen molar-refractivity contribution >= 4 is 5.91 Å². The van der Waals surface area contributed by atoms with E-state index in [9.17, 15) is 4.79 Å². The van der Waals surface area contributed by atoms with E-state index in [-0.39, 0.29) is 11.4 Å². The molecule has 102 valence electrons. The van der Waals surface area contributed by atoms with E-state index in [2.05, 4.69) is 41.5 Å².